The summed E-state index contributed by atoms with van der Waals surface area (Å²) in [5.41, 5.74) is 0.119. The molecule has 0 aliphatic rings. The lowest BCUT2D eigenvalue weighted by molar-refractivity contribution is -0.137. The van der Waals surface area contributed by atoms with Gasteiger partial charge in [0, 0.05) is 12.7 Å². The lowest BCUT2D eigenvalue weighted by Gasteiger charge is -2.10. The van der Waals surface area contributed by atoms with E-state index < -0.39 is 17.7 Å². The van der Waals surface area contributed by atoms with Crippen LogP contribution in [0.2, 0.25) is 5.02 Å². The van der Waals surface area contributed by atoms with E-state index in [1.54, 1.807) is 12.1 Å². The van der Waals surface area contributed by atoms with Crippen molar-refractivity contribution in [1.82, 2.24) is 10.3 Å². The number of ether oxygens (including phenoxy) is 1. The smallest absolute Gasteiger partial charge is 0.417 e. The highest BCUT2D eigenvalue weighted by Gasteiger charge is 2.31. The number of hydrogen-bond donors (Lipinski definition) is 2. The minimum Gasteiger partial charge on any atom is -0.478 e. The summed E-state index contributed by atoms with van der Waals surface area (Å²) < 4.78 is 42.8. The van der Waals surface area contributed by atoms with Gasteiger partial charge in [-0.1, -0.05) is 23.7 Å². The van der Waals surface area contributed by atoms with E-state index in [4.69, 9.17) is 21.4 Å². The summed E-state index contributed by atoms with van der Waals surface area (Å²) in [4.78, 5) is 14.5. The average Bonchev–Trinajstić information content (AvgIpc) is 2.58. The zero-order chi connectivity index (χ0) is 19.2. The van der Waals surface area contributed by atoms with Gasteiger partial charge < -0.3 is 15.2 Å². The first-order valence-electron chi connectivity index (χ1n) is 7.66. The minimum absolute atomic E-state index is 0.0474. The molecule has 0 spiro atoms. The zero-order valence-corrected chi connectivity index (χ0v) is 14.3. The first kappa shape index (κ1) is 20.0. The predicted molar refractivity (Wildman–Crippen MR) is 89.5 cm³/mol. The number of rotatable bonds is 8. The molecule has 0 aliphatic carbocycles. The summed E-state index contributed by atoms with van der Waals surface area (Å²) in [7, 11) is 0. The van der Waals surface area contributed by atoms with Crippen molar-refractivity contribution >= 4 is 17.6 Å². The van der Waals surface area contributed by atoms with Crippen LogP contribution in [0.15, 0.2) is 36.5 Å². The second-order valence-electron chi connectivity index (χ2n) is 5.39. The number of halogens is 4. The van der Waals surface area contributed by atoms with Crippen molar-refractivity contribution < 1.29 is 27.8 Å². The maximum atomic E-state index is 12.5. The van der Waals surface area contributed by atoms with E-state index in [2.05, 4.69) is 10.3 Å². The van der Waals surface area contributed by atoms with Crippen LogP contribution in [0.4, 0.5) is 13.2 Å². The van der Waals surface area contributed by atoms with Gasteiger partial charge in [-0.25, -0.2) is 9.78 Å². The molecular formula is C17H16ClF3N2O3. The number of carbonyl (C=O) groups is 1. The van der Waals surface area contributed by atoms with Gasteiger partial charge in [-0.2, -0.15) is 13.2 Å². The number of aromatic carboxylic acids is 1. The molecule has 0 saturated heterocycles. The van der Waals surface area contributed by atoms with Gasteiger partial charge in [0.05, 0.1) is 17.7 Å². The Morgan fingerprint density at radius 2 is 2.08 bits per heavy atom. The fourth-order valence-corrected chi connectivity index (χ4v) is 2.32. The van der Waals surface area contributed by atoms with Gasteiger partial charge in [0.1, 0.15) is 5.02 Å². The molecule has 0 unspecified atom stereocenters. The summed E-state index contributed by atoms with van der Waals surface area (Å²) in [6.07, 6.45) is -3.26. The lowest BCUT2D eigenvalue weighted by atomic mass is 10.1. The van der Waals surface area contributed by atoms with Gasteiger partial charge in [-0.15, -0.1) is 0 Å². The molecule has 26 heavy (non-hydrogen) atoms. The van der Waals surface area contributed by atoms with Crippen LogP contribution in [0.3, 0.4) is 0 Å². The fraction of sp³-hybridized carbons (Fsp3) is 0.294. The van der Waals surface area contributed by atoms with Crippen molar-refractivity contribution in [3.63, 3.8) is 0 Å². The van der Waals surface area contributed by atoms with Crippen LogP contribution in [0, 0.1) is 0 Å². The second-order valence-corrected chi connectivity index (χ2v) is 5.80. The average molecular weight is 389 g/mol. The van der Waals surface area contributed by atoms with Crippen LogP contribution in [-0.2, 0) is 12.7 Å². The Labute approximate surface area is 152 Å². The third kappa shape index (κ3) is 5.89. The molecule has 5 nitrogen and oxygen atoms in total. The number of pyridine rings is 1. The molecule has 1 heterocycles. The highest BCUT2D eigenvalue weighted by molar-refractivity contribution is 6.31. The first-order chi connectivity index (χ1) is 12.3. The van der Waals surface area contributed by atoms with Crippen molar-refractivity contribution in [3.05, 3.63) is 58.2 Å². The SMILES string of the molecule is O=C(O)c1cccc(CNCCCOc2ncc(C(F)(F)F)cc2Cl)c1. The first-order valence-corrected chi connectivity index (χ1v) is 8.03. The normalized spacial score (nSPS) is 11.4. The number of benzene rings is 1. The molecule has 140 valence electrons. The largest absolute Gasteiger partial charge is 0.478 e. The lowest BCUT2D eigenvalue weighted by Crippen LogP contribution is -2.17. The number of aromatic nitrogens is 1. The summed E-state index contributed by atoms with van der Waals surface area (Å²) in [5, 5.41) is 11.9. The van der Waals surface area contributed by atoms with Crippen molar-refractivity contribution in [2.24, 2.45) is 0 Å². The zero-order valence-electron chi connectivity index (χ0n) is 13.5. The number of hydrogen-bond acceptors (Lipinski definition) is 4. The molecule has 0 amide bonds. The molecule has 0 atom stereocenters. The Hall–Kier alpha value is -2.32. The van der Waals surface area contributed by atoms with Crippen LogP contribution < -0.4 is 10.1 Å². The van der Waals surface area contributed by atoms with Crippen LogP contribution in [0.5, 0.6) is 5.88 Å². The quantitative estimate of drug-likeness (QED) is 0.668. The summed E-state index contributed by atoms with van der Waals surface area (Å²) in [5.74, 6) is -1.03. The molecule has 9 heteroatoms. The molecule has 2 rings (SSSR count). The van der Waals surface area contributed by atoms with E-state index >= 15 is 0 Å². The third-order valence-electron chi connectivity index (χ3n) is 3.37. The van der Waals surface area contributed by atoms with Gasteiger partial charge >= 0.3 is 12.1 Å². The summed E-state index contributed by atoms with van der Waals surface area (Å²) in [6.45, 7) is 1.27. The van der Waals surface area contributed by atoms with Crippen molar-refractivity contribution in [2.45, 2.75) is 19.1 Å². The van der Waals surface area contributed by atoms with Gasteiger partial charge in [0.25, 0.3) is 0 Å². The predicted octanol–water partition coefficient (Wildman–Crippen LogP) is 4.01. The molecule has 0 saturated carbocycles. The van der Waals surface area contributed by atoms with Crippen LogP contribution in [0.25, 0.3) is 0 Å². The summed E-state index contributed by atoms with van der Waals surface area (Å²) >= 11 is 5.74. The van der Waals surface area contributed by atoms with Crippen LogP contribution in [0.1, 0.15) is 27.9 Å². The van der Waals surface area contributed by atoms with Crippen molar-refractivity contribution in [1.29, 1.82) is 0 Å². The van der Waals surface area contributed by atoms with Crippen molar-refractivity contribution in [3.8, 4) is 5.88 Å². The molecule has 0 aliphatic heterocycles. The second kappa shape index (κ2) is 8.86. The Morgan fingerprint density at radius 3 is 2.73 bits per heavy atom. The van der Waals surface area contributed by atoms with Gasteiger partial charge in [0.15, 0.2) is 0 Å². The Morgan fingerprint density at radius 1 is 1.31 bits per heavy atom. The summed E-state index contributed by atoms with van der Waals surface area (Å²) in [6, 6.07) is 7.35. The molecule has 0 bridgehead atoms. The highest BCUT2D eigenvalue weighted by atomic mass is 35.5. The molecule has 2 aromatic rings. The third-order valence-corrected chi connectivity index (χ3v) is 3.65. The minimum atomic E-state index is -4.50. The topological polar surface area (TPSA) is 71.5 Å². The van der Waals surface area contributed by atoms with E-state index in [0.29, 0.717) is 25.7 Å². The van der Waals surface area contributed by atoms with Crippen LogP contribution in [-0.4, -0.2) is 29.2 Å². The number of nitrogens with zero attached hydrogens (tertiary/aromatic N) is 1. The van der Waals surface area contributed by atoms with E-state index in [1.807, 2.05) is 6.07 Å². The molecule has 2 N–H and O–H groups in total. The maximum Gasteiger partial charge on any atom is 0.417 e. The Bertz CT molecular complexity index is 769. The van der Waals surface area contributed by atoms with Gasteiger partial charge in [-0.05, 0) is 36.7 Å². The maximum absolute atomic E-state index is 12.5. The standard InChI is InChI=1S/C17H16ClF3N2O3/c18-14-8-13(17(19,20)21)10-23-15(14)26-6-2-5-22-9-11-3-1-4-12(7-11)16(24)25/h1,3-4,7-8,10,22H,2,5-6,9H2,(H,24,25). The van der Waals surface area contributed by atoms with Gasteiger partial charge in [0.2, 0.25) is 5.88 Å². The molecule has 1 aromatic heterocycles. The Balaban J connectivity index is 1.73. The number of carboxylic acids is 1. The van der Waals surface area contributed by atoms with Crippen LogP contribution >= 0.6 is 11.6 Å². The number of carboxylic acid groups (broad SMARTS) is 1. The Kier molecular flexibility index (Phi) is 6.82. The number of alkyl halides is 3. The van der Waals surface area contributed by atoms with E-state index in [1.165, 1.54) is 6.07 Å². The molecular weight excluding hydrogens is 373 g/mol. The van der Waals surface area contributed by atoms with E-state index in [0.717, 1.165) is 11.6 Å². The molecule has 0 radical (unpaired) electrons. The highest BCUT2D eigenvalue weighted by Crippen LogP contribution is 2.33. The van der Waals surface area contributed by atoms with Crippen molar-refractivity contribution in [2.75, 3.05) is 13.2 Å². The molecule has 1 aromatic carbocycles. The van der Waals surface area contributed by atoms with E-state index in [9.17, 15) is 18.0 Å². The fourth-order valence-electron chi connectivity index (χ4n) is 2.10. The monoisotopic (exact) mass is 388 g/mol. The molecule has 0 fully saturated rings. The van der Waals surface area contributed by atoms with Gasteiger partial charge in [-0.3, -0.25) is 0 Å². The number of nitrogens with one attached hydrogen (secondary N) is 1. The van der Waals surface area contributed by atoms with E-state index in [-0.39, 0.29) is 23.1 Å².